The molecular formula is C12H27NO. The number of carbonyl (C=O) groups is 1. The van der Waals surface area contributed by atoms with Crippen molar-refractivity contribution in [3.8, 4) is 0 Å². The van der Waals surface area contributed by atoms with Crippen LogP contribution in [0.15, 0.2) is 0 Å². The zero-order valence-corrected chi connectivity index (χ0v) is 10.9. The Bertz CT molecular complexity index is 135. The number of hydrogen-bond donors (Lipinski definition) is 0. The minimum absolute atomic E-state index is 0.194. The minimum Gasteiger partial charge on any atom is -0.298 e. The zero-order chi connectivity index (χ0) is 11.7. The maximum absolute atomic E-state index is 11.0. The first-order valence-electron chi connectivity index (χ1n) is 5.83. The predicted molar refractivity (Wildman–Crippen MR) is 63.6 cm³/mol. The van der Waals surface area contributed by atoms with Crippen molar-refractivity contribution in [2.45, 2.75) is 54.0 Å². The van der Waals surface area contributed by atoms with Crippen LogP contribution in [0, 0.1) is 5.92 Å². The molecule has 0 aliphatic carbocycles. The van der Waals surface area contributed by atoms with E-state index in [2.05, 4.69) is 11.8 Å². The summed E-state index contributed by atoms with van der Waals surface area (Å²) in [4.78, 5) is 13.2. The molecule has 1 unspecified atom stereocenters. The number of hydrogen-bond acceptors (Lipinski definition) is 2. The average molecular weight is 201 g/mol. The van der Waals surface area contributed by atoms with Crippen molar-refractivity contribution in [2.24, 2.45) is 5.92 Å². The van der Waals surface area contributed by atoms with Gasteiger partial charge in [0.25, 0.3) is 0 Å². The summed E-state index contributed by atoms with van der Waals surface area (Å²) in [5.41, 5.74) is 0. The third kappa shape index (κ3) is 4.75. The summed E-state index contributed by atoms with van der Waals surface area (Å²) in [5, 5.41) is 0. The van der Waals surface area contributed by atoms with Gasteiger partial charge in [-0.1, -0.05) is 34.6 Å². The topological polar surface area (TPSA) is 20.3 Å². The predicted octanol–water partition coefficient (Wildman–Crippen LogP) is 2.97. The monoisotopic (exact) mass is 201 g/mol. The van der Waals surface area contributed by atoms with E-state index in [0.29, 0.717) is 11.7 Å². The number of ketones is 1. The number of likely N-dealkylation sites (N-methyl/N-ethyl adjacent to an activating group) is 1. The van der Waals surface area contributed by atoms with E-state index in [0.717, 1.165) is 6.54 Å². The Morgan fingerprint density at radius 3 is 1.79 bits per heavy atom. The molecular weight excluding hydrogens is 174 g/mol. The summed E-state index contributed by atoms with van der Waals surface area (Å²) in [6, 6.07) is 0.194. The summed E-state index contributed by atoms with van der Waals surface area (Å²) in [5.74, 6) is 0.870. The fraction of sp³-hybridized carbons (Fsp3) is 0.917. The van der Waals surface area contributed by atoms with Crippen molar-refractivity contribution in [1.29, 1.82) is 0 Å². The lowest BCUT2D eigenvalue weighted by molar-refractivity contribution is -0.121. The normalized spacial score (nSPS) is 25.6. The van der Waals surface area contributed by atoms with Crippen LogP contribution in [0.2, 0.25) is 0 Å². The number of rotatable bonds is 1. The lowest BCUT2D eigenvalue weighted by Gasteiger charge is -2.18. The smallest absolute Gasteiger partial charge is 0.147 e. The first kappa shape index (κ1) is 16.1. The van der Waals surface area contributed by atoms with Crippen molar-refractivity contribution in [1.82, 2.24) is 4.90 Å². The number of Topliss-reactive ketones (excluding diaryl/α,β-unsaturated/α-hetero) is 1. The highest BCUT2D eigenvalue weighted by atomic mass is 16.1. The number of carbonyl (C=O) groups excluding carboxylic acids is 1. The molecule has 1 aliphatic rings. The molecule has 0 spiro atoms. The van der Waals surface area contributed by atoms with E-state index in [-0.39, 0.29) is 6.04 Å². The number of nitrogens with zero attached hydrogens (tertiary/aromatic N) is 1. The molecule has 1 heterocycles. The van der Waals surface area contributed by atoms with Gasteiger partial charge in [0.1, 0.15) is 5.78 Å². The van der Waals surface area contributed by atoms with Crippen LogP contribution in [0.25, 0.3) is 0 Å². The molecule has 0 bridgehead atoms. The number of likely N-dealkylation sites (tertiary alicyclic amines) is 1. The molecule has 0 radical (unpaired) electrons. The Balaban J connectivity index is 0. The molecule has 0 saturated carbocycles. The molecule has 2 atom stereocenters. The highest BCUT2D eigenvalue weighted by Gasteiger charge is 2.31. The minimum atomic E-state index is 0.194. The van der Waals surface area contributed by atoms with Crippen LogP contribution in [-0.4, -0.2) is 30.3 Å². The fourth-order valence-electron chi connectivity index (χ4n) is 1.85. The second kappa shape index (κ2) is 9.20. The Labute approximate surface area is 89.7 Å². The maximum atomic E-state index is 11.0. The van der Waals surface area contributed by atoms with Gasteiger partial charge in [-0.15, -0.1) is 0 Å². The van der Waals surface area contributed by atoms with Crippen LogP contribution >= 0.6 is 0 Å². The van der Waals surface area contributed by atoms with Gasteiger partial charge in [-0.2, -0.15) is 0 Å². The van der Waals surface area contributed by atoms with E-state index in [1.807, 2.05) is 34.7 Å². The second-order valence-electron chi connectivity index (χ2n) is 3.30. The van der Waals surface area contributed by atoms with Crippen LogP contribution in [0.5, 0.6) is 0 Å². The van der Waals surface area contributed by atoms with Gasteiger partial charge in [-0.25, -0.2) is 0 Å². The highest BCUT2D eigenvalue weighted by Crippen LogP contribution is 2.22. The summed E-state index contributed by atoms with van der Waals surface area (Å²) in [6.07, 6.45) is 1.17. The van der Waals surface area contributed by atoms with Gasteiger partial charge in [-0.05, 0) is 32.9 Å². The molecule has 2 nitrogen and oxygen atoms in total. The van der Waals surface area contributed by atoms with E-state index >= 15 is 0 Å². The Morgan fingerprint density at radius 1 is 1.21 bits per heavy atom. The molecule has 14 heavy (non-hydrogen) atoms. The third-order valence-electron chi connectivity index (χ3n) is 2.37. The first-order chi connectivity index (χ1) is 6.63. The van der Waals surface area contributed by atoms with E-state index in [1.165, 1.54) is 6.42 Å². The van der Waals surface area contributed by atoms with Crippen LogP contribution in [0.3, 0.4) is 0 Å². The zero-order valence-electron chi connectivity index (χ0n) is 10.9. The molecule has 2 heteroatoms. The van der Waals surface area contributed by atoms with Crippen molar-refractivity contribution in [3.63, 3.8) is 0 Å². The van der Waals surface area contributed by atoms with Gasteiger partial charge in [0, 0.05) is 0 Å². The molecule has 86 valence electrons. The molecule has 0 aromatic carbocycles. The largest absolute Gasteiger partial charge is 0.298 e. The molecule has 1 saturated heterocycles. The lowest BCUT2D eigenvalue weighted by Crippen LogP contribution is -2.34. The molecule has 0 amide bonds. The van der Waals surface area contributed by atoms with Crippen molar-refractivity contribution >= 4 is 5.78 Å². The van der Waals surface area contributed by atoms with Crippen molar-refractivity contribution in [2.75, 3.05) is 13.6 Å². The molecule has 1 aliphatic heterocycles. The molecule has 0 aromatic rings. The first-order valence-corrected chi connectivity index (χ1v) is 5.83. The molecule has 1 rings (SSSR count). The second-order valence-corrected chi connectivity index (χ2v) is 3.30. The summed E-state index contributed by atoms with van der Waals surface area (Å²) >= 11 is 0. The van der Waals surface area contributed by atoms with Gasteiger partial charge in [0.05, 0.1) is 6.04 Å². The third-order valence-corrected chi connectivity index (χ3v) is 2.37. The van der Waals surface area contributed by atoms with E-state index in [9.17, 15) is 4.79 Å². The summed E-state index contributed by atoms with van der Waals surface area (Å²) in [6.45, 7) is 12.9. The van der Waals surface area contributed by atoms with Gasteiger partial charge in [0.15, 0.2) is 0 Å². The van der Waals surface area contributed by atoms with E-state index in [1.54, 1.807) is 6.92 Å². The quantitative estimate of drug-likeness (QED) is 0.650. The molecule has 1 fully saturated rings. The van der Waals surface area contributed by atoms with Crippen molar-refractivity contribution in [3.05, 3.63) is 0 Å². The van der Waals surface area contributed by atoms with Crippen LogP contribution < -0.4 is 0 Å². The van der Waals surface area contributed by atoms with E-state index in [4.69, 9.17) is 0 Å². The standard InChI is InChI=1S/C8H15NO.2C2H6/c1-6-4-5-9(3)8(6)7(2)10;2*1-2/h6,8H,4-5H2,1-3H3;2*1-2H3/t6-,8?;;/m0../s1. The van der Waals surface area contributed by atoms with E-state index < -0.39 is 0 Å². The summed E-state index contributed by atoms with van der Waals surface area (Å²) in [7, 11) is 2.02. The van der Waals surface area contributed by atoms with Gasteiger partial charge >= 0.3 is 0 Å². The van der Waals surface area contributed by atoms with Crippen LogP contribution in [0.1, 0.15) is 48.0 Å². The van der Waals surface area contributed by atoms with Crippen molar-refractivity contribution < 1.29 is 4.79 Å². The molecule has 0 aromatic heterocycles. The fourth-order valence-corrected chi connectivity index (χ4v) is 1.85. The van der Waals surface area contributed by atoms with Crippen LogP contribution in [-0.2, 0) is 4.79 Å². The maximum Gasteiger partial charge on any atom is 0.147 e. The highest BCUT2D eigenvalue weighted by molar-refractivity contribution is 5.82. The summed E-state index contributed by atoms with van der Waals surface area (Å²) < 4.78 is 0. The molecule has 0 N–H and O–H groups in total. The van der Waals surface area contributed by atoms with Crippen LogP contribution in [0.4, 0.5) is 0 Å². The Hall–Kier alpha value is -0.370. The average Bonchev–Trinajstić information content (AvgIpc) is 2.52. The Morgan fingerprint density at radius 2 is 1.64 bits per heavy atom. The van der Waals surface area contributed by atoms with Gasteiger partial charge < -0.3 is 0 Å². The van der Waals surface area contributed by atoms with Gasteiger partial charge in [-0.3, -0.25) is 9.69 Å². The SMILES string of the molecule is CC.CC.CC(=O)C1[C@@H](C)CCN1C. The Kier molecular flexibility index (Phi) is 10.6. The van der Waals surface area contributed by atoms with Gasteiger partial charge in [0.2, 0.25) is 0 Å². The lowest BCUT2D eigenvalue weighted by atomic mass is 10.0.